The fourth-order valence-electron chi connectivity index (χ4n) is 2.37. The molecule has 0 aromatic heterocycles. The van der Waals surface area contributed by atoms with E-state index in [1.54, 1.807) is 12.1 Å². The minimum Gasteiger partial charge on any atom is -0.478 e. The predicted molar refractivity (Wildman–Crippen MR) is 79.0 cm³/mol. The number of hydrogen-bond donors (Lipinski definition) is 2. The molecule has 1 amide bonds. The summed E-state index contributed by atoms with van der Waals surface area (Å²) >= 11 is 0. The monoisotopic (exact) mass is 277 g/mol. The molecule has 0 bridgehead atoms. The first-order valence-corrected chi connectivity index (χ1v) is 7.23. The van der Waals surface area contributed by atoms with Crippen molar-refractivity contribution in [3.05, 3.63) is 34.9 Å². The van der Waals surface area contributed by atoms with Crippen LogP contribution in [-0.4, -0.2) is 17.0 Å². The van der Waals surface area contributed by atoms with Gasteiger partial charge in [-0.25, -0.2) is 4.79 Å². The second kappa shape index (κ2) is 8.35. The first kappa shape index (κ1) is 16.2. The molecule has 20 heavy (non-hydrogen) atoms. The Morgan fingerprint density at radius 3 is 2.35 bits per heavy atom. The molecule has 0 saturated carbocycles. The molecular weight excluding hydrogens is 254 g/mol. The molecule has 110 valence electrons. The van der Waals surface area contributed by atoms with Gasteiger partial charge in [0, 0.05) is 0 Å². The molecule has 1 aromatic rings. The molecule has 0 radical (unpaired) electrons. The molecule has 0 unspecified atom stereocenters. The highest BCUT2D eigenvalue weighted by Gasteiger charge is 2.17. The summed E-state index contributed by atoms with van der Waals surface area (Å²) in [5.74, 6) is -1.77. The molecule has 4 heteroatoms. The van der Waals surface area contributed by atoms with E-state index in [9.17, 15) is 9.59 Å². The van der Waals surface area contributed by atoms with Crippen LogP contribution in [0.2, 0.25) is 0 Å². The van der Waals surface area contributed by atoms with Crippen LogP contribution in [0.4, 0.5) is 0 Å². The van der Waals surface area contributed by atoms with Crippen molar-refractivity contribution >= 4 is 11.9 Å². The number of hydrogen-bond acceptors (Lipinski definition) is 2. The first-order chi connectivity index (χ1) is 9.57. The van der Waals surface area contributed by atoms with Crippen molar-refractivity contribution in [2.75, 3.05) is 0 Å². The Hall–Kier alpha value is -1.84. The lowest BCUT2D eigenvalue weighted by molar-refractivity contribution is 0.0692. The second-order valence-corrected chi connectivity index (χ2v) is 5.03. The highest BCUT2D eigenvalue weighted by atomic mass is 16.4. The summed E-state index contributed by atoms with van der Waals surface area (Å²) in [5, 5.41) is 9.10. The van der Waals surface area contributed by atoms with Crippen LogP contribution in [0, 0.1) is 0 Å². The summed E-state index contributed by atoms with van der Waals surface area (Å²) in [4.78, 5) is 22.6. The summed E-state index contributed by atoms with van der Waals surface area (Å²) in [6, 6.07) is 4.88. The number of carboxylic acid groups (broad SMARTS) is 1. The Morgan fingerprint density at radius 1 is 1.10 bits per heavy atom. The number of nitrogens with two attached hydrogens (primary N) is 1. The molecule has 0 fully saturated rings. The number of benzene rings is 1. The van der Waals surface area contributed by atoms with Crippen LogP contribution in [0.3, 0.4) is 0 Å². The highest BCUT2D eigenvalue weighted by Crippen LogP contribution is 2.18. The summed E-state index contributed by atoms with van der Waals surface area (Å²) in [7, 11) is 0. The minimum atomic E-state index is -1.11. The Labute approximate surface area is 120 Å². The predicted octanol–water partition coefficient (Wildman–Crippen LogP) is 3.39. The lowest BCUT2D eigenvalue weighted by Gasteiger charge is -2.09. The van der Waals surface area contributed by atoms with Gasteiger partial charge >= 0.3 is 5.97 Å². The number of primary amides is 1. The average Bonchev–Trinajstić information content (AvgIpc) is 2.42. The van der Waals surface area contributed by atoms with Gasteiger partial charge in [0.1, 0.15) is 0 Å². The van der Waals surface area contributed by atoms with E-state index in [4.69, 9.17) is 10.8 Å². The summed E-state index contributed by atoms with van der Waals surface area (Å²) < 4.78 is 0. The van der Waals surface area contributed by atoms with E-state index in [-0.39, 0.29) is 11.1 Å². The maximum absolute atomic E-state index is 11.5. The standard InChI is InChI=1S/C16H23NO3/c1-2-3-4-5-6-7-9-12-10-8-11-13(16(19)20)14(12)15(17)18/h8,10-11H,2-7,9H2,1H3,(H2,17,18)(H,19,20). The zero-order valence-corrected chi connectivity index (χ0v) is 12.0. The van der Waals surface area contributed by atoms with Gasteiger partial charge in [-0.1, -0.05) is 51.2 Å². The highest BCUT2D eigenvalue weighted by molar-refractivity contribution is 6.05. The van der Waals surface area contributed by atoms with Crippen molar-refractivity contribution < 1.29 is 14.7 Å². The van der Waals surface area contributed by atoms with E-state index in [2.05, 4.69) is 6.92 Å². The summed E-state index contributed by atoms with van der Waals surface area (Å²) in [6.45, 7) is 2.18. The number of aromatic carboxylic acids is 1. The third-order valence-electron chi connectivity index (χ3n) is 3.43. The molecule has 4 nitrogen and oxygen atoms in total. The number of carbonyl (C=O) groups is 2. The molecule has 0 heterocycles. The molecule has 0 saturated heterocycles. The third kappa shape index (κ3) is 4.68. The molecule has 0 atom stereocenters. The number of aryl methyl sites for hydroxylation is 1. The van der Waals surface area contributed by atoms with Gasteiger partial charge in [0.05, 0.1) is 11.1 Å². The van der Waals surface area contributed by atoms with Gasteiger partial charge < -0.3 is 10.8 Å². The molecular formula is C16H23NO3. The summed E-state index contributed by atoms with van der Waals surface area (Å²) in [5.41, 5.74) is 6.23. The fraction of sp³-hybridized carbons (Fsp3) is 0.500. The van der Waals surface area contributed by atoms with E-state index in [1.807, 2.05) is 0 Å². The third-order valence-corrected chi connectivity index (χ3v) is 3.43. The lowest BCUT2D eigenvalue weighted by Crippen LogP contribution is -2.18. The zero-order valence-electron chi connectivity index (χ0n) is 12.0. The number of carboxylic acids is 1. The Bertz CT molecular complexity index is 469. The van der Waals surface area contributed by atoms with Gasteiger partial charge in [0.25, 0.3) is 0 Å². The van der Waals surface area contributed by atoms with Crippen molar-refractivity contribution in [1.29, 1.82) is 0 Å². The maximum Gasteiger partial charge on any atom is 0.336 e. The Morgan fingerprint density at radius 2 is 1.75 bits per heavy atom. The fourth-order valence-corrected chi connectivity index (χ4v) is 2.37. The van der Waals surface area contributed by atoms with Gasteiger partial charge in [0.2, 0.25) is 5.91 Å². The number of carbonyl (C=O) groups excluding carboxylic acids is 1. The Balaban J connectivity index is 2.67. The van der Waals surface area contributed by atoms with E-state index in [0.717, 1.165) is 18.4 Å². The van der Waals surface area contributed by atoms with Gasteiger partial charge in [0.15, 0.2) is 0 Å². The molecule has 0 aliphatic carbocycles. The molecule has 1 aromatic carbocycles. The number of amides is 1. The summed E-state index contributed by atoms with van der Waals surface area (Å²) in [6.07, 6.45) is 7.62. The number of unbranched alkanes of at least 4 members (excludes halogenated alkanes) is 5. The SMILES string of the molecule is CCCCCCCCc1cccc(C(=O)O)c1C(N)=O. The van der Waals surface area contributed by atoms with Crippen LogP contribution in [0.5, 0.6) is 0 Å². The van der Waals surface area contributed by atoms with Crippen LogP contribution in [0.15, 0.2) is 18.2 Å². The van der Waals surface area contributed by atoms with Gasteiger partial charge in [-0.3, -0.25) is 4.79 Å². The van der Waals surface area contributed by atoms with Crippen molar-refractivity contribution in [3.63, 3.8) is 0 Å². The van der Waals surface area contributed by atoms with Gasteiger partial charge in [-0.2, -0.15) is 0 Å². The van der Waals surface area contributed by atoms with Crippen molar-refractivity contribution in [2.24, 2.45) is 5.73 Å². The van der Waals surface area contributed by atoms with E-state index in [0.29, 0.717) is 6.42 Å². The minimum absolute atomic E-state index is 0.000910. The first-order valence-electron chi connectivity index (χ1n) is 7.23. The van der Waals surface area contributed by atoms with Crippen molar-refractivity contribution in [3.8, 4) is 0 Å². The molecule has 0 aliphatic heterocycles. The molecule has 0 spiro atoms. The Kier molecular flexibility index (Phi) is 6.77. The van der Waals surface area contributed by atoms with Crippen LogP contribution >= 0.6 is 0 Å². The maximum atomic E-state index is 11.5. The van der Waals surface area contributed by atoms with Gasteiger partial charge in [-0.05, 0) is 24.5 Å². The second-order valence-electron chi connectivity index (χ2n) is 5.03. The van der Waals surface area contributed by atoms with Crippen LogP contribution < -0.4 is 5.73 Å². The van der Waals surface area contributed by atoms with E-state index in [1.165, 1.54) is 31.7 Å². The topological polar surface area (TPSA) is 80.4 Å². The normalized spacial score (nSPS) is 10.4. The van der Waals surface area contributed by atoms with E-state index >= 15 is 0 Å². The molecule has 3 N–H and O–H groups in total. The molecule has 0 aliphatic rings. The average molecular weight is 277 g/mol. The van der Waals surface area contributed by atoms with Crippen LogP contribution in [0.1, 0.15) is 71.7 Å². The van der Waals surface area contributed by atoms with Crippen LogP contribution in [0.25, 0.3) is 0 Å². The molecule has 1 rings (SSSR count). The largest absolute Gasteiger partial charge is 0.478 e. The van der Waals surface area contributed by atoms with Crippen molar-refractivity contribution in [2.45, 2.75) is 51.9 Å². The lowest BCUT2D eigenvalue weighted by atomic mass is 9.96. The van der Waals surface area contributed by atoms with Gasteiger partial charge in [-0.15, -0.1) is 0 Å². The quantitative estimate of drug-likeness (QED) is 0.679. The zero-order chi connectivity index (χ0) is 15.0. The van der Waals surface area contributed by atoms with Crippen LogP contribution in [-0.2, 0) is 6.42 Å². The number of rotatable bonds is 9. The smallest absolute Gasteiger partial charge is 0.336 e. The van der Waals surface area contributed by atoms with E-state index < -0.39 is 11.9 Å². The van der Waals surface area contributed by atoms with Crippen molar-refractivity contribution in [1.82, 2.24) is 0 Å².